The third-order valence-corrected chi connectivity index (χ3v) is 2.69. The predicted octanol–water partition coefficient (Wildman–Crippen LogP) is 2.78. The molecule has 2 rings (SSSR count). The Kier molecular flexibility index (Phi) is 3.28. The van der Waals surface area contributed by atoms with Crippen LogP contribution < -0.4 is 9.47 Å². The molecule has 0 saturated heterocycles. The van der Waals surface area contributed by atoms with Crippen molar-refractivity contribution < 1.29 is 19.7 Å². The van der Waals surface area contributed by atoms with Crippen LogP contribution in [0.15, 0.2) is 36.4 Å². The van der Waals surface area contributed by atoms with Crippen molar-refractivity contribution in [3.8, 4) is 34.1 Å². The summed E-state index contributed by atoms with van der Waals surface area (Å²) in [5, 5.41) is 19.3. The lowest BCUT2D eigenvalue weighted by molar-refractivity contribution is 0.372. The zero-order valence-electron chi connectivity index (χ0n) is 10.2. The zero-order valence-corrected chi connectivity index (χ0v) is 10.2. The maximum Gasteiger partial charge on any atom is 0.168 e. The fourth-order valence-electron chi connectivity index (χ4n) is 1.81. The van der Waals surface area contributed by atoms with E-state index in [1.165, 1.54) is 20.3 Å². The number of rotatable bonds is 3. The first-order chi connectivity index (χ1) is 8.67. The highest BCUT2D eigenvalue weighted by Gasteiger charge is 2.12. The molecule has 94 valence electrons. The molecular formula is C14H14O4. The fourth-order valence-corrected chi connectivity index (χ4v) is 1.81. The monoisotopic (exact) mass is 246 g/mol. The summed E-state index contributed by atoms with van der Waals surface area (Å²) in [6.45, 7) is 0. The van der Waals surface area contributed by atoms with Crippen molar-refractivity contribution in [1.82, 2.24) is 0 Å². The number of hydrogen-bond donors (Lipinski definition) is 2. The van der Waals surface area contributed by atoms with Crippen molar-refractivity contribution in [3.05, 3.63) is 36.4 Å². The van der Waals surface area contributed by atoms with Gasteiger partial charge in [-0.05, 0) is 23.8 Å². The molecule has 0 amide bonds. The number of ether oxygens (including phenoxy) is 2. The van der Waals surface area contributed by atoms with Crippen LogP contribution in [0.3, 0.4) is 0 Å². The molecule has 0 aromatic heterocycles. The molecule has 0 aliphatic carbocycles. The third kappa shape index (κ3) is 2.05. The number of aromatic hydroxyl groups is 2. The summed E-state index contributed by atoms with van der Waals surface area (Å²) in [6.07, 6.45) is 0. The Balaban J connectivity index is 2.58. The van der Waals surface area contributed by atoms with Crippen LogP contribution in [-0.4, -0.2) is 24.4 Å². The van der Waals surface area contributed by atoms with E-state index in [9.17, 15) is 10.2 Å². The molecule has 0 aliphatic heterocycles. The fraction of sp³-hybridized carbons (Fsp3) is 0.143. The van der Waals surface area contributed by atoms with Crippen LogP contribution in [-0.2, 0) is 0 Å². The van der Waals surface area contributed by atoms with Gasteiger partial charge >= 0.3 is 0 Å². The van der Waals surface area contributed by atoms with E-state index in [0.717, 1.165) is 11.1 Å². The van der Waals surface area contributed by atoms with E-state index in [1.807, 2.05) is 6.07 Å². The molecule has 0 radical (unpaired) electrons. The molecule has 2 aromatic carbocycles. The van der Waals surface area contributed by atoms with Crippen LogP contribution in [0.4, 0.5) is 0 Å². The summed E-state index contributed by atoms with van der Waals surface area (Å²) in [4.78, 5) is 0. The molecule has 0 unspecified atom stereocenters. The van der Waals surface area contributed by atoms with Gasteiger partial charge in [-0.15, -0.1) is 0 Å². The van der Waals surface area contributed by atoms with Crippen molar-refractivity contribution in [2.75, 3.05) is 14.2 Å². The van der Waals surface area contributed by atoms with Gasteiger partial charge in [0.1, 0.15) is 0 Å². The lowest BCUT2D eigenvalue weighted by atomic mass is 10.0. The maximum absolute atomic E-state index is 9.73. The van der Waals surface area contributed by atoms with E-state index in [1.54, 1.807) is 24.3 Å². The molecule has 0 fully saturated rings. The van der Waals surface area contributed by atoms with Gasteiger partial charge < -0.3 is 19.7 Å². The van der Waals surface area contributed by atoms with Gasteiger partial charge in [0, 0.05) is 5.56 Å². The van der Waals surface area contributed by atoms with Crippen LogP contribution in [0.1, 0.15) is 0 Å². The number of benzene rings is 2. The van der Waals surface area contributed by atoms with Gasteiger partial charge in [-0.25, -0.2) is 0 Å². The van der Waals surface area contributed by atoms with Crippen LogP contribution in [0.2, 0.25) is 0 Å². The maximum atomic E-state index is 9.73. The molecule has 4 nitrogen and oxygen atoms in total. The van der Waals surface area contributed by atoms with Crippen LogP contribution in [0.5, 0.6) is 23.0 Å². The Morgan fingerprint density at radius 3 is 2.33 bits per heavy atom. The lowest BCUT2D eigenvalue weighted by Gasteiger charge is -2.11. The summed E-state index contributed by atoms with van der Waals surface area (Å²) in [5.41, 5.74) is 1.52. The van der Waals surface area contributed by atoms with Gasteiger partial charge in [-0.1, -0.05) is 18.2 Å². The third-order valence-electron chi connectivity index (χ3n) is 2.69. The number of para-hydroxylation sites is 1. The lowest BCUT2D eigenvalue weighted by Crippen LogP contribution is -1.90. The minimum Gasteiger partial charge on any atom is -0.504 e. The second kappa shape index (κ2) is 4.87. The standard InChI is InChI=1S/C14H14O4/c1-17-13-8-9(6-7-11(13)15)10-4-3-5-12(16)14(10)18-2/h3-8,15-16H,1-2H3. The molecule has 0 bridgehead atoms. The van der Waals surface area contributed by atoms with E-state index in [4.69, 9.17) is 9.47 Å². The normalized spacial score (nSPS) is 10.1. The van der Waals surface area contributed by atoms with Crippen molar-refractivity contribution in [1.29, 1.82) is 0 Å². The molecule has 4 heteroatoms. The van der Waals surface area contributed by atoms with Crippen LogP contribution in [0.25, 0.3) is 11.1 Å². The summed E-state index contributed by atoms with van der Waals surface area (Å²) in [7, 11) is 2.98. The molecule has 2 aromatic rings. The highest BCUT2D eigenvalue weighted by Crippen LogP contribution is 2.39. The van der Waals surface area contributed by atoms with E-state index >= 15 is 0 Å². The molecule has 0 saturated carbocycles. The van der Waals surface area contributed by atoms with Gasteiger partial charge in [0.25, 0.3) is 0 Å². The highest BCUT2D eigenvalue weighted by atomic mass is 16.5. The molecule has 2 N–H and O–H groups in total. The Bertz CT molecular complexity index is 564. The minimum atomic E-state index is 0.0698. The number of methoxy groups -OCH3 is 2. The van der Waals surface area contributed by atoms with Gasteiger partial charge in [-0.2, -0.15) is 0 Å². The Labute approximate surface area is 105 Å². The zero-order chi connectivity index (χ0) is 13.1. The molecular weight excluding hydrogens is 232 g/mol. The van der Waals surface area contributed by atoms with Gasteiger partial charge in [-0.3, -0.25) is 0 Å². The Morgan fingerprint density at radius 2 is 1.67 bits per heavy atom. The van der Waals surface area contributed by atoms with E-state index < -0.39 is 0 Å². The van der Waals surface area contributed by atoms with Crippen molar-refractivity contribution in [2.24, 2.45) is 0 Å². The number of phenolic OH excluding ortho intramolecular Hbond substituents is 2. The SMILES string of the molecule is COc1cc(-c2cccc(O)c2OC)ccc1O. The first-order valence-corrected chi connectivity index (χ1v) is 5.40. The average molecular weight is 246 g/mol. The molecule has 0 heterocycles. The molecule has 18 heavy (non-hydrogen) atoms. The Hall–Kier alpha value is -2.36. The van der Waals surface area contributed by atoms with E-state index in [2.05, 4.69) is 0 Å². The van der Waals surface area contributed by atoms with Crippen molar-refractivity contribution in [3.63, 3.8) is 0 Å². The van der Waals surface area contributed by atoms with Crippen molar-refractivity contribution in [2.45, 2.75) is 0 Å². The summed E-state index contributed by atoms with van der Waals surface area (Å²) >= 11 is 0. The molecule has 0 aliphatic rings. The highest BCUT2D eigenvalue weighted by molar-refractivity contribution is 5.75. The van der Waals surface area contributed by atoms with Gasteiger partial charge in [0.2, 0.25) is 0 Å². The minimum absolute atomic E-state index is 0.0698. The largest absolute Gasteiger partial charge is 0.504 e. The topological polar surface area (TPSA) is 58.9 Å². The Morgan fingerprint density at radius 1 is 0.889 bits per heavy atom. The first-order valence-electron chi connectivity index (χ1n) is 5.40. The molecule has 0 atom stereocenters. The summed E-state index contributed by atoms with van der Waals surface area (Å²) in [6, 6.07) is 10.1. The second-order valence-electron chi connectivity index (χ2n) is 3.74. The van der Waals surface area contributed by atoms with Gasteiger partial charge in [0.15, 0.2) is 23.0 Å². The quantitative estimate of drug-likeness (QED) is 0.874. The van der Waals surface area contributed by atoms with E-state index in [-0.39, 0.29) is 11.5 Å². The van der Waals surface area contributed by atoms with Gasteiger partial charge in [0.05, 0.1) is 14.2 Å². The first kappa shape index (κ1) is 12.1. The average Bonchev–Trinajstić information content (AvgIpc) is 2.39. The van der Waals surface area contributed by atoms with Crippen molar-refractivity contribution >= 4 is 0 Å². The predicted molar refractivity (Wildman–Crippen MR) is 68.3 cm³/mol. The van der Waals surface area contributed by atoms with Crippen LogP contribution >= 0.6 is 0 Å². The molecule has 0 spiro atoms. The smallest absolute Gasteiger partial charge is 0.168 e. The summed E-state index contributed by atoms with van der Waals surface area (Å²) < 4.78 is 10.2. The van der Waals surface area contributed by atoms with Crippen LogP contribution in [0, 0.1) is 0 Å². The van der Waals surface area contributed by atoms with E-state index in [0.29, 0.717) is 11.5 Å². The number of hydrogen-bond acceptors (Lipinski definition) is 4. The number of phenols is 2. The second-order valence-corrected chi connectivity index (χ2v) is 3.74. The summed E-state index contributed by atoms with van der Waals surface area (Å²) in [5.74, 6) is 0.908.